The summed E-state index contributed by atoms with van der Waals surface area (Å²) in [5.41, 5.74) is 0.895. The van der Waals surface area contributed by atoms with E-state index in [1.165, 1.54) is 6.92 Å². The van der Waals surface area contributed by atoms with Crippen LogP contribution in [0.25, 0.3) is 0 Å². The molecule has 0 saturated heterocycles. The Morgan fingerprint density at radius 2 is 2.12 bits per heavy atom. The lowest BCUT2D eigenvalue weighted by Crippen LogP contribution is -2.21. The van der Waals surface area contributed by atoms with Crippen LogP contribution in [0.3, 0.4) is 0 Å². The molecule has 1 amide bonds. The molecule has 0 bridgehead atoms. The number of halogens is 2. The zero-order chi connectivity index (χ0) is 18.1. The summed E-state index contributed by atoms with van der Waals surface area (Å²) in [4.78, 5) is 29.9. The minimum atomic E-state index is -4.84. The van der Waals surface area contributed by atoms with Crippen molar-refractivity contribution < 1.29 is 28.1 Å². The van der Waals surface area contributed by atoms with Crippen LogP contribution in [0, 0.1) is 12.9 Å². The third kappa shape index (κ3) is 4.62. The average Bonchev–Trinajstić information content (AvgIpc) is 2.82. The minimum Gasteiger partial charge on any atom is -0.319 e. The summed E-state index contributed by atoms with van der Waals surface area (Å²) in [6, 6.07) is 5.74. The highest BCUT2D eigenvalue weighted by Gasteiger charge is 2.25. The predicted molar refractivity (Wildman–Crippen MR) is 84.2 cm³/mol. The monoisotopic (exact) mass is 377 g/mol. The molecule has 0 aliphatic heterocycles. The van der Waals surface area contributed by atoms with E-state index in [1.807, 2.05) is 6.92 Å². The van der Waals surface area contributed by atoms with Crippen molar-refractivity contribution in [3.63, 3.8) is 0 Å². The van der Waals surface area contributed by atoms with Crippen LogP contribution in [-0.4, -0.2) is 25.5 Å². The number of rotatable bonds is 5. The summed E-state index contributed by atoms with van der Waals surface area (Å²) in [6.45, 7) is 3.03. The van der Waals surface area contributed by atoms with E-state index in [2.05, 4.69) is 14.9 Å². The molecule has 0 fully saturated rings. The van der Waals surface area contributed by atoms with Gasteiger partial charge in [-0.2, -0.15) is 4.39 Å². The Morgan fingerprint density at radius 3 is 2.71 bits per heavy atom. The van der Waals surface area contributed by atoms with Crippen molar-refractivity contribution in [1.29, 1.82) is 0 Å². The van der Waals surface area contributed by atoms with Crippen molar-refractivity contribution in [2.24, 2.45) is 0 Å². The Hall–Kier alpha value is -1.77. The van der Waals surface area contributed by atoms with Crippen molar-refractivity contribution in [3.05, 3.63) is 46.5 Å². The molecule has 2 rings (SSSR count). The second-order valence-electron chi connectivity index (χ2n) is 4.93. The number of carbonyl (C=O) groups excluding carboxylic acids is 1. The molecule has 0 saturated carbocycles. The van der Waals surface area contributed by atoms with Crippen molar-refractivity contribution in [1.82, 2.24) is 9.78 Å². The van der Waals surface area contributed by atoms with Gasteiger partial charge in [-0.1, -0.05) is 17.7 Å². The topological polar surface area (TPSA) is 114 Å². The summed E-state index contributed by atoms with van der Waals surface area (Å²) in [7, 11) is -4.84. The van der Waals surface area contributed by atoms with Crippen LogP contribution in [0.2, 0.25) is 5.02 Å². The highest BCUT2D eigenvalue weighted by atomic mass is 35.5. The molecule has 2 aromatic rings. The predicted octanol–water partition coefficient (Wildman–Crippen LogP) is 2.86. The number of phosphoric ester groups is 1. The van der Waals surface area contributed by atoms with Crippen LogP contribution in [-0.2, 0) is 9.09 Å². The average molecular weight is 378 g/mol. The van der Waals surface area contributed by atoms with E-state index in [4.69, 9.17) is 21.4 Å². The van der Waals surface area contributed by atoms with E-state index < -0.39 is 25.9 Å². The number of hydrogen-bond acceptors (Lipinski definition) is 4. The maximum atomic E-state index is 13.4. The molecule has 0 aliphatic carbocycles. The number of aromatic nitrogens is 2. The third-order valence-corrected chi connectivity index (χ3v) is 3.84. The fourth-order valence-electron chi connectivity index (χ4n) is 1.96. The fraction of sp³-hybridized carbons (Fsp3) is 0.231. The Balaban J connectivity index is 2.28. The number of nitrogens with one attached hydrogen (secondary N) is 1. The van der Waals surface area contributed by atoms with Crippen LogP contribution in [0.5, 0.6) is 0 Å². The molecule has 130 valence electrons. The first-order valence-corrected chi connectivity index (χ1v) is 8.54. The normalized spacial score (nSPS) is 12.9. The molecule has 11 heteroatoms. The SMILES string of the molecule is Cc1ccc(NC(=O)c2cc(F)nn2C(C)OP(=O)(O)O)c(Cl)c1. The van der Waals surface area contributed by atoms with Gasteiger partial charge in [0.05, 0.1) is 10.7 Å². The standard InChI is InChI=1S/C13H14ClFN3O5P/c1-7-3-4-10(9(14)5-7)16-13(19)11-6-12(15)17-18(11)8(2)23-24(20,21)22/h3-6,8H,1-2H3,(H,16,19)(H2,20,21,22). The number of phosphoric acid groups is 1. The number of nitrogens with zero attached hydrogens (tertiary/aromatic N) is 2. The number of hydrogen-bond donors (Lipinski definition) is 3. The van der Waals surface area contributed by atoms with Crippen molar-refractivity contribution >= 4 is 31.0 Å². The number of benzene rings is 1. The van der Waals surface area contributed by atoms with Gasteiger partial charge in [0.15, 0.2) is 6.23 Å². The maximum absolute atomic E-state index is 13.4. The van der Waals surface area contributed by atoms with Crippen LogP contribution in [0.4, 0.5) is 10.1 Å². The number of anilines is 1. The highest BCUT2D eigenvalue weighted by Crippen LogP contribution is 2.40. The summed E-state index contributed by atoms with van der Waals surface area (Å²) >= 11 is 6.02. The molecule has 1 unspecified atom stereocenters. The van der Waals surface area contributed by atoms with Crippen molar-refractivity contribution in [2.45, 2.75) is 20.1 Å². The largest absolute Gasteiger partial charge is 0.471 e. The first-order chi connectivity index (χ1) is 11.1. The lowest BCUT2D eigenvalue weighted by Gasteiger charge is -2.16. The summed E-state index contributed by atoms with van der Waals surface area (Å²) in [6.07, 6.45) is -1.37. The summed E-state index contributed by atoms with van der Waals surface area (Å²) < 4.78 is 29.5. The van der Waals surface area contributed by atoms with Gasteiger partial charge in [-0.05, 0) is 31.5 Å². The van der Waals surface area contributed by atoms with Crippen molar-refractivity contribution in [2.75, 3.05) is 5.32 Å². The molecule has 1 atom stereocenters. The Labute approximate surface area is 141 Å². The summed E-state index contributed by atoms with van der Waals surface area (Å²) in [5.74, 6) is -1.77. The van der Waals surface area contributed by atoms with E-state index >= 15 is 0 Å². The van der Waals surface area contributed by atoms with E-state index in [1.54, 1.807) is 18.2 Å². The zero-order valence-corrected chi connectivity index (χ0v) is 14.3. The van der Waals surface area contributed by atoms with Gasteiger partial charge >= 0.3 is 7.82 Å². The number of amides is 1. The van der Waals surface area contributed by atoms with Gasteiger partial charge in [-0.3, -0.25) is 9.32 Å². The second-order valence-corrected chi connectivity index (χ2v) is 6.53. The molecule has 1 heterocycles. The van der Waals surface area contributed by atoms with E-state index in [-0.39, 0.29) is 10.7 Å². The third-order valence-electron chi connectivity index (χ3n) is 2.95. The second kappa shape index (κ2) is 7.00. The van der Waals surface area contributed by atoms with Crippen LogP contribution in [0.15, 0.2) is 24.3 Å². The van der Waals surface area contributed by atoms with Crippen molar-refractivity contribution in [3.8, 4) is 0 Å². The first-order valence-electron chi connectivity index (χ1n) is 6.63. The van der Waals surface area contributed by atoms with E-state index in [0.717, 1.165) is 16.3 Å². The van der Waals surface area contributed by atoms with Crippen LogP contribution in [0.1, 0.15) is 29.2 Å². The van der Waals surface area contributed by atoms with Gasteiger partial charge in [0.25, 0.3) is 5.91 Å². The van der Waals surface area contributed by atoms with Gasteiger partial charge in [-0.25, -0.2) is 9.25 Å². The van der Waals surface area contributed by atoms with Crippen LogP contribution < -0.4 is 5.32 Å². The smallest absolute Gasteiger partial charge is 0.319 e. The van der Waals surface area contributed by atoms with Gasteiger partial charge in [0.2, 0.25) is 5.95 Å². The number of carbonyl (C=O) groups is 1. The molecule has 0 radical (unpaired) electrons. The summed E-state index contributed by atoms with van der Waals surface area (Å²) in [5, 5.41) is 6.15. The van der Waals surface area contributed by atoms with Gasteiger partial charge in [0.1, 0.15) is 5.69 Å². The maximum Gasteiger partial charge on any atom is 0.471 e. The lowest BCUT2D eigenvalue weighted by molar-refractivity contribution is 0.0794. The van der Waals surface area contributed by atoms with Gasteiger partial charge in [-0.15, -0.1) is 5.10 Å². The Kier molecular flexibility index (Phi) is 5.42. The molecular weight excluding hydrogens is 364 g/mol. The molecule has 1 aromatic heterocycles. The fourth-order valence-corrected chi connectivity index (χ4v) is 2.73. The molecule has 0 spiro atoms. The van der Waals surface area contributed by atoms with E-state index in [0.29, 0.717) is 5.69 Å². The molecule has 0 aliphatic rings. The molecule has 24 heavy (non-hydrogen) atoms. The van der Waals surface area contributed by atoms with Gasteiger partial charge in [0, 0.05) is 6.07 Å². The minimum absolute atomic E-state index is 0.286. The zero-order valence-electron chi connectivity index (χ0n) is 12.6. The highest BCUT2D eigenvalue weighted by molar-refractivity contribution is 7.46. The van der Waals surface area contributed by atoms with Gasteiger partial charge < -0.3 is 15.1 Å². The lowest BCUT2D eigenvalue weighted by atomic mass is 10.2. The molecule has 8 nitrogen and oxygen atoms in total. The molecule has 3 N–H and O–H groups in total. The molecule has 1 aromatic carbocycles. The quantitative estimate of drug-likeness (QED) is 0.690. The molecular formula is C13H14ClFN3O5P. The van der Waals surface area contributed by atoms with Crippen LogP contribution >= 0.6 is 19.4 Å². The Morgan fingerprint density at radius 1 is 1.46 bits per heavy atom. The first kappa shape index (κ1) is 18.6. The Bertz CT molecular complexity index is 822. The number of aryl methyl sites for hydroxylation is 1. The van der Waals surface area contributed by atoms with E-state index in [9.17, 15) is 13.8 Å².